The lowest BCUT2D eigenvalue weighted by atomic mass is 9.85. The Morgan fingerprint density at radius 2 is 2.16 bits per heavy atom. The van der Waals surface area contributed by atoms with Crippen LogP contribution in [0, 0.1) is 5.92 Å². The van der Waals surface area contributed by atoms with Crippen molar-refractivity contribution in [2.45, 2.75) is 30.5 Å². The normalized spacial score (nSPS) is 28.8. The minimum atomic E-state index is -2.65. The standard InChI is InChI=1S/C22H21ClF2N2O4/c23-16-9-14(4-5-17(16)29-12-15-10-22(15,24)25)20(28)27-8-6-21(18-3-1-2-7-26-18)19(11-27)30-13-31-21/h1-5,7,9,15,19H,6,8,10-13H2/t15?,19?,21-/m1/s1. The number of alkyl halides is 2. The minimum Gasteiger partial charge on any atom is -0.492 e. The van der Waals surface area contributed by atoms with Gasteiger partial charge in [-0.3, -0.25) is 9.78 Å². The summed E-state index contributed by atoms with van der Waals surface area (Å²) in [6.45, 7) is 0.895. The van der Waals surface area contributed by atoms with E-state index in [1.165, 1.54) is 6.07 Å². The number of likely N-dealkylation sites (tertiary alicyclic amines) is 1. The Morgan fingerprint density at radius 3 is 2.87 bits per heavy atom. The van der Waals surface area contributed by atoms with Crippen LogP contribution in [0.1, 0.15) is 28.9 Å². The van der Waals surface area contributed by atoms with E-state index >= 15 is 0 Å². The van der Waals surface area contributed by atoms with Gasteiger partial charge in [0, 0.05) is 31.1 Å². The van der Waals surface area contributed by atoms with E-state index in [1.54, 1.807) is 23.2 Å². The van der Waals surface area contributed by atoms with Gasteiger partial charge in [-0.2, -0.15) is 0 Å². The fourth-order valence-electron chi connectivity index (χ4n) is 4.21. The highest BCUT2D eigenvalue weighted by atomic mass is 35.5. The van der Waals surface area contributed by atoms with Gasteiger partial charge >= 0.3 is 0 Å². The second kappa shape index (κ2) is 7.69. The fourth-order valence-corrected chi connectivity index (χ4v) is 4.45. The third kappa shape index (κ3) is 3.77. The zero-order valence-electron chi connectivity index (χ0n) is 16.6. The van der Waals surface area contributed by atoms with Gasteiger partial charge in [-0.05, 0) is 30.3 Å². The van der Waals surface area contributed by atoms with E-state index in [1.807, 2.05) is 18.2 Å². The van der Waals surface area contributed by atoms with Crippen molar-refractivity contribution < 1.29 is 27.8 Å². The number of fused-ring (bicyclic) bond motifs is 1. The van der Waals surface area contributed by atoms with Crippen molar-refractivity contribution in [1.82, 2.24) is 9.88 Å². The number of hydrogen-bond acceptors (Lipinski definition) is 5. The van der Waals surface area contributed by atoms with Crippen molar-refractivity contribution in [3.8, 4) is 5.75 Å². The zero-order valence-corrected chi connectivity index (χ0v) is 17.4. The number of amides is 1. The molecule has 3 heterocycles. The van der Waals surface area contributed by atoms with Crippen molar-refractivity contribution in [2.24, 2.45) is 5.92 Å². The number of carbonyl (C=O) groups is 1. The molecule has 3 aliphatic rings. The van der Waals surface area contributed by atoms with Crippen LogP contribution in [-0.4, -0.2) is 54.3 Å². The van der Waals surface area contributed by atoms with Crippen molar-refractivity contribution in [3.63, 3.8) is 0 Å². The van der Waals surface area contributed by atoms with Crippen LogP contribution in [0.3, 0.4) is 0 Å². The van der Waals surface area contributed by atoms with E-state index in [-0.39, 0.29) is 36.9 Å². The molecule has 0 bridgehead atoms. The Morgan fingerprint density at radius 1 is 1.32 bits per heavy atom. The smallest absolute Gasteiger partial charge is 0.255 e. The number of carbonyl (C=O) groups excluding carboxylic acids is 1. The van der Waals surface area contributed by atoms with Crippen LogP contribution in [0.25, 0.3) is 0 Å². The maximum Gasteiger partial charge on any atom is 0.255 e. The molecular weight excluding hydrogens is 430 g/mol. The van der Waals surface area contributed by atoms with Gasteiger partial charge < -0.3 is 19.1 Å². The molecule has 0 radical (unpaired) electrons. The molecule has 2 aromatic rings. The maximum absolute atomic E-state index is 13.1. The van der Waals surface area contributed by atoms with E-state index in [9.17, 15) is 13.6 Å². The predicted octanol–water partition coefficient (Wildman–Crippen LogP) is 3.88. The number of hydrogen-bond donors (Lipinski definition) is 0. The Hall–Kier alpha value is -2.29. The fraction of sp³-hybridized carbons (Fsp3) is 0.455. The third-order valence-electron chi connectivity index (χ3n) is 6.21. The van der Waals surface area contributed by atoms with Crippen molar-refractivity contribution in [2.75, 3.05) is 26.5 Å². The number of pyridine rings is 1. The zero-order chi connectivity index (χ0) is 21.6. The Labute approximate surface area is 183 Å². The molecule has 2 saturated heterocycles. The predicted molar refractivity (Wildman–Crippen MR) is 107 cm³/mol. The lowest BCUT2D eigenvalue weighted by Gasteiger charge is -2.41. The number of aromatic nitrogens is 1. The van der Waals surface area contributed by atoms with E-state index < -0.39 is 17.4 Å². The van der Waals surface area contributed by atoms with E-state index in [2.05, 4.69) is 4.98 Å². The summed E-state index contributed by atoms with van der Waals surface area (Å²) in [6.07, 6.45) is 1.79. The van der Waals surface area contributed by atoms with Gasteiger partial charge in [0.05, 0.1) is 29.8 Å². The summed E-state index contributed by atoms with van der Waals surface area (Å²) < 4.78 is 43.2. The lowest BCUT2D eigenvalue weighted by molar-refractivity contribution is -0.0470. The summed E-state index contributed by atoms with van der Waals surface area (Å²) in [4.78, 5) is 19.2. The summed E-state index contributed by atoms with van der Waals surface area (Å²) in [5, 5.41) is 0.218. The molecule has 1 aromatic heterocycles. The van der Waals surface area contributed by atoms with E-state index in [0.29, 0.717) is 30.8 Å². The first-order valence-corrected chi connectivity index (χ1v) is 10.5. The molecule has 31 heavy (non-hydrogen) atoms. The maximum atomic E-state index is 13.1. The van der Waals surface area contributed by atoms with Crippen LogP contribution in [0.5, 0.6) is 5.75 Å². The van der Waals surface area contributed by atoms with Gasteiger partial charge in [0.15, 0.2) is 0 Å². The van der Waals surface area contributed by atoms with Crippen LogP contribution >= 0.6 is 11.6 Å². The third-order valence-corrected chi connectivity index (χ3v) is 6.50. The highest BCUT2D eigenvalue weighted by Gasteiger charge is 2.57. The number of benzene rings is 1. The number of piperidine rings is 1. The molecule has 0 spiro atoms. The van der Waals surface area contributed by atoms with Crippen molar-refractivity contribution in [3.05, 3.63) is 58.9 Å². The average molecular weight is 451 g/mol. The van der Waals surface area contributed by atoms with Crippen LogP contribution < -0.4 is 4.74 Å². The van der Waals surface area contributed by atoms with Gasteiger partial charge in [-0.15, -0.1) is 0 Å². The number of nitrogens with zero attached hydrogens (tertiary/aromatic N) is 2. The van der Waals surface area contributed by atoms with Crippen LogP contribution in [0.15, 0.2) is 42.6 Å². The van der Waals surface area contributed by atoms with Crippen molar-refractivity contribution >= 4 is 17.5 Å². The molecule has 0 N–H and O–H groups in total. The molecule has 1 aromatic carbocycles. The van der Waals surface area contributed by atoms with Crippen LogP contribution in [0.2, 0.25) is 5.02 Å². The minimum absolute atomic E-state index is 0.0965. The molecule has 164 valence electrons. The second-order valence-electron chi connectivity index (χ2n) is 8.14. The van der Waals surface area contributed by atoms with Crippen LogP contribution in [-0.2, 0) is 15.1 Å². The first-order chi connectivity index (χ1) is 14.9. The molecule has 2 unspecified atom stereocenters. The SMILES string of the molecule is O=C(c1ccc(OCC2CC2(F)F)c(Cl)c1)N1CC[C@]2(c3ccccn3)OCOC2C1. The molecule has 9 heteroatoms. The summed E-state index contributed by atoms with van der Waals surface area (Å²) in [5.74, 6) is -3.31. The molecular formula is C22H21ClF2N2O4. The van der Waals surface area contributed by atoms with Gasteiger partial charge in [0.25, 0.3) is 11.8 Å². The number of rotatable bonds is 5. The molecule has 3 fully saturated rings. The first-order valence-electron chi connectivity index (χ1n) is 10.2. The number of ether oxygens (including phenoxy) is 3. The van der Waals surface area contributed by atoms with Gasteiger partial charge in [-0.25, -0.2) is 8.78 Å². The Kier molecular flexibility index (Phi) is 5.11. The van der Waals surface area contributed by atoms with E-state index in [0.717, 1.165) is 5.69 Å². The monoisotopic (exact) mass is 450 g/mol. The van der Waals surface area contributed by atoms with Gasteiger partial charge in [0.1, 0.15) is 24.2 Å². The summed E-state index contributed by atoms with van der Waals surface area (Å²) in [6, 6.07) is 10.3. The molecule has 1 saturated carbocycles. The topological polar surface area (TPSA) is 60.9 Å². The molecule has 1 amide bonds. The molecule has 1 aliphatic carbocycles. The largest absolute Gasteiger partial charge is 0.492 e. The van der Waals surface area contributed by atoms with Gasteiger partial charge in [-0.1, -0.05) is 17.7 Å². The summed E-state index contributed by atoms with van der Waals surface area (Å²) >= 11 is 6.24. The molecule has 2 aliphatic heterocycles. The Balaban J connectivity index is 1.26. The first kappa shape index (κ1) is 20.6. The second-order valence-corrected chi connectivity index (χ2v) is 8.55. The van der Waals surface area contributed by atoms with E-state index in [4.69, 9.17) is 25.8 Å². The quantitative estimate of drug-likeness (QED) is 0.691. The Bertz CT molecular complexity index is 993. The highest BCUT2D eigenvalue weighted by molar-refractivity contribution is 6.32. The van der Waals surface area contributed by atoms with Gasteiger partial charge in [0.2, 0.25) is 0 Å². The molecule has 6 nitrogen and oxygen atoms in total. The number of halogens is 3. The molecule has 5 rings (SSSR count). The molecule has 3 atom stereocenters. The summed E-state index contributed by atoms with van der Waals surface area (Å²) in [5.41, 5.74) is 0.548. The lowest BCUT2D eigenvalue weighted by Crippen LogP contribution is -2.53. The highest BCUT2D eigenvalue weighted by Crippen LogP contribution is 2.49. The van der Waals surface area contributed by atoms with Crippen LogP contribution in [0.4, 0.5) is 8.78 Å². The van der Waals surface area contributed by atoms with Crippen molar-refractivity contribution in [1.29, 1.82) is 0 Å². The average Bonchev–Trinajstić information content (AvgIpc) is 3.18. The summed E-state index contributed by atoms with van der Waals surface area (Å²) in [7, 11) is 0.